The van der Waals surface area contributed by atoms with Crippen molar-refractivity contribution in [1.82, 2.24) is 9.13 Å². The summed E-state index contributed by atoms with van der Waals surface area (Å²) in [6.07, 6.45) is 0. The Kier molecular flexibility index (Phi) is 6.56. The second-order valence-electron chi connectivity index (χ2n) is 12.3. The Labute approximate surface area is 288 Å². The molecule has 9 aromatic rings. The quantitative estimate of drug-likeness (QED) is 0.177. The van der Waals surface area contributed by atoms with Crippen molar-refractivity contribution >= 4 is 55.0 Å². The number of hydrogen-bond donors (Lipinski definition) is 0. The van der Waals surface area contributed by atoms with Gasteiger partial charge >= 0.3 is 0 Å². The van der Waals surface area contributed by atoms with Crippen LogP contribution in [0.15, 0.2) is 152 Å². The van der Waals surface area contributed by atoms with E-state index in [0.29, 0.717) is 16.9 Å². The molecule has 5 nitrogen and oxygen atoms in total. The molecular weight excluding hydrogens is 611 g/mol. The fourth-order valence-electron chi connectivity index (χ4n) is 7.36. The highest BCUT2D eigenvalue weighted by atomic mass is 15.0. The highest BCUT2D eigenvalue weighted by Crippen LogP contribution is 2.43. The molecule has 0 saturated carbocycles. The molecule has 2 aromatic heterocycles. The predicted octanol–water partition coefficient (Wildman–Crippen LogP) is 12.2. The first-order chi connectivity index (χ1) is 24.7. The molecule has 0 spiro atoms. The van der Waals surface area contributed by atoms with E-state index in [2.05, 4.69) is 116 Å². The molecule has 7 aromatic carbocycles. The lowest BCUT2D eigenvalue weighted by molar-refractivity contribution is 1.18. The van der Waals surface area contributed by atoms with Crippen molar-refractivity contribution < 1.29 is 0 Å². The van der Waals surface area contributed by atoms with Crippen molar-refractivity contribution in [2.75, 3.05) is 0 Å². The predicted molar refractivity (Wildman–Crippen MR) is 203 cm³/mol. The van der Waals surface area contributed by atoms with Crippen LogP contribution in [0.25, 0.3) is 86.9 Å². The standard InChI is InChI=1S/C45H25N5/c1-47-32-20-21-37(45(27-32)50-43-17-8-5-14-36(43)39-24-29(28-46)18-23-44(39)50)38-26-31(19-22-40(38)48-2)30-10-9-11-33(25-30)49-41-15-6-3-12-34(41)35-13-4-7-16-42(35)49/h3-27H. The smallest absolute Gasteiger partial charge is 0.195 e. The van der Waals surface area contributed by atoms with Crippen molar-refractivity contribution in [2.45, 2.75) is 0 Å². The van der Waals surface area contributed by atoms with Gasteiger partial charge in [0.1, 0.15) is 0 Å². The summed E-state index contributed by atoms with van der Waals surface area (Å²) in [7, 11) is 0. The minimum atomic E-state index is 0.503. The Morgan fingerprint density at radius 3 is 1.80 bits per heavy atom. The van der Waals surface area contributed by atoms with Crippen LogP contribution in [0.5, 0.6) is 0 Å². The zero-order valence-electron chi connectivity index (χ0n) is 26.7. The van der Waals surface area contributed by atoms with Gasteiger partial charge < -0.3 is 9.13 Å². The maximum absolute atomic E-state index is 9.68. The topological polar surface area (TPSA) is 42.4 Å². The molecule has 0 fully saturated rings. The van der Waals surface area contributed by atoms with E-state index in [0.717, 1.165) is 66.5 Å². The monoisotopic (exact) mass is 635 g/mol. The first-order valence-electron chi connectivity index (χ1n) is 16.2. The zero-order chi connectivity index (χ0) is 33.8. The van der Waals surface area contributed by atoms with Crippen LogP contribution in [0.2, 0.25) is 0 Å². The van der Waals surface area contributed by atoms with Gasteiger partial charge in [-0.1, -0.05) is 97.1 Å². The number of nitrogens with zero attached hydrogens (tertiary/aromatic N) is 5. The third-order valence-corrected chi connectivity index (χ3v) is 9.58. The van der Waals surface area contributed by atoms with Crippen LogP contribution in [-0.4, -0.2) is 9.13 Å². The van der Waals surface area contributed by atoms with Crippen LogP contribution in [0.3, 0.4) is 0 Å². The van der Waals surface area contributed by atoms with Crippen molar-refractivity contribution in [3.63, 3.8) is 0 Å². The van der Waals surface area contributed by atoms with Crippen LogP contribution in [-0.2, 0) is 0 Å². The van der Waals surface area contributed by atoms with E-state index in [1.54, 1.807) is 0 Å². The molecule has 0 aliphatic heterocycles. The minimum Gasteiger partial charge on any atom is -0.310 e. The highest BCUT2D eigenvalue weighted by molar-refractivity contribution is 6.11. The van der Waals surface area contributed by atoms with Crippen LogP contribution in [0.1, 0.15) is 5.56 Å². The van der Waals surface area contributed by atoms with Gasteiger partial charge in [0.2, 0.25) is 0 Å². The molecule has 50 heavy (non-hydrogen) atoms. The number of nitriles is 1. The Hall–Kier alpha value is -7.39. The fourth-order valence-corrected chi connectivity index (χ4v) is 7.36. The second kappa shape index (κ2) is 11.4. The fraction of sp³-hybridized carbons (Fsp3) is 0. The van der Waals surface area contributed by atoms with Gasteiger partial charge in [-0.3, -0.25) is 0 Å². The molecule has 0 N–H and O–H groups in total. The van der Waals surface area contributed by atoms with E-state index < -0.39 is 0 Å². The van der Waals surface area contributed by atoms with Gasteiger partial charge in [-0.2, -0.15) is 5.26 Å². The first kappa shape index (κ1) is 28.8. The number of hydrogen-bond acceptors (Lipinski definition) is 1. The molecule has 0 amide bonds. The summed E-state index contributed by atoms with van der Waals surface area (Å²) in [5.41, 5.74) is 11.3. The van der Waals surface area contributed by atoms with E-state index >= 15 is 0 Å². The normalized spacial score (nSPS) is 11.1. The number of rotatable bonds is 4. The lowest BCUT2D eigenvalue weighted by Gasteiger charge is -2.17. The maximum Gasteiger partial charge on any atom is 0.195 e. The summed E-state index contributed by atoms with van der Waals surface area (Å²) in [5, 5.41) is 14.1. The lowest BCUT2D eigenvalue weighted by atomic mass is 9.95. The van der Waals surface area contributed by atoms with Crippen LogP contribution >= 0.6 is 0 Å². The average molecular weight is 636 g/mol. The molecule has 2 heterocycles. The molecule has 0 saturated heterocycles. The Balaban J connectivity index is 1.26. The van der Waals surface area contributed by atoms with Gasteiger partial charge in [0.15, 0.2) is 11.4 Å². The number of para-hydroxylation sites is 3. The molecule has 0 unspecified atom stereocenters. The Bertz CT molecular complexity index is 2920. The second-order valence-corrected chi connectivity index (χ2v) is 12.3. The summed E-state index contributed by atoms with van der Waals surface area (Å²) in [5.74, 6) is 0. The van der Waals surface area contributed by atoms with Crippen molar-refractivity contribution in [1.29, 1.82) is 5.26 Å². The summed E-state index contributed by atoms with van der Waals surface area (Å²) in [4.78, 5) is 7.74. The number of benzene rings is 7. The summed E-state index contributed by atoms with van der Waals surface area (Å²) >= 11 is 0. The van der Waals surface area contributed by atoms with Gasteiger partial charge in [0.05, 0.1) is 46.8 Å². The maximum atomic E-state index is 9.68. The van der Waals surface area contributed by atoms with E-state index in [-0.39, 0.29) is 0 Å². The summed E-state index contributed by atoms with van der Waals surface area (Å²) in [6.45, 7) is 16.0. The molecule has 9 rings (SSSR count). The molecular formula is C45H25N5. The molecule has 0 radical (unpaired) electrons. The van der Waals surface area contributed by atoms with Gasteiger partial charge in [0.25, 0.3) is 0 Å². The van der Waals surface area contributed by atoms with Crippen LogP contribution in [0.4, 0.5) is 11.4 Å². The van der Waals surface area contributed by atoms with Gasteiger partial charge in [-0.25, -0.2) is 9.69 Å². The third-order valence-electron chi connectivity index (χ3n) is 9.58. The molecule has 230 valence electrons. The summed E-state index contributed by atoms with van der Waals surface area (Å²) in [6, 6.07) is 53.3. The minimum absolute atomic E-state index is 0.503. The largest absolute Gasteiger partial charge is 0.310 e. The molecule has 0 bridgehead atoms. The Morgan fingerprint density at radius 2 is 1.12 bits per heavy atom. The van der Waals surface area contributed by atoms with Gasteiger partial charge in [-0.05, 0) is 76.9 Å². The molecule has 0 aliphatic rings. The van der Waals surface area contributed by atoms with Gasteiger partial charge in [-0.15, -0.1) is 0 Å². The third kappa shape index (κ3) is 4.38. The van der Waals surface area contributed by atoms with Crippen molar-refractivity contribution in [2.24, 2.45) is 0 Å². The first-order valence-corrected chi connectivity index (χ1v) is 16.2. The zero-order valence-corrected chi connectivity index (χ0v) is 26.7. The number of fused-ring (bicyclic) bond motifs is 6. The number of aromatic nitrogens is 2. The molecule has 5 heteroatoms. The van der Waals surface area contributed by atoms with Gasteiger partial charge in [0, 0.05) is 32.9 Å². The Morgan fingerprint density at radius 1 is 0.480 bits per heavy atom. The van der Waals surface area contributed by atoms with E-state index in [4.69, 9.17) is 13.1 Å². The SMILES string of the molecule is [C-]#[N+]c1ccc(-c2cc(-c3cccc(-n4c5ccccc5c5ccccc54)c3)ccc2[N+]#[C-])c(-n2c3ccccc3c3cc(C#N)ccc32)c1. The van der Waals surface area contributed by atoms with E-state index in [9.17, 15) is 5.26 Å². The summed E-state index contributed by atoms with van der Waals surface area (Å²) < 4.78 is 4.46. The lowest BCUT2D eigenvalue weighted by Crippen LogP contribution is -1.98. The molecule has 0 aliphatic carbocycles. The van der Waals surface area contributed by atoms with Crippen LogP contribution < -0.4 is 0 Å². The molecule has 0 atom stereocenters. The van der Waals surface area contributed by atoms with Crippen molar-refractivity contribution in [3.8, 4) is 39.7 Å². The van der Waals surface area contributed by atoms with E-state index in [1.807, 2.05) is 60.7 Å². The average Bonchev–Trinajstić information content (AvgIpc) is 3.70. The van der Waals surface area contributed by atoms with Crippen molar-refractivity contribution in [3.05, 3.63) is 180 Å². The van der Waals surface area contributed by atoms with E-state index in [1.165, 1.54) is 10.8 Å². The highest BCUT2D eigenvalue weighted by Gasteiger charge is 2.19. The van der Waals surface area contributed by atoms with Crippen LogP contribution in [0, 0.1) is 24.5 Å².